The highest BCUT2D eigenvalue weighted by Crippen LogP contribution is 2.28. The number of benzene rings is 3. The van der Waals surface area contributed by atoms with Crippen LogP contribution in [0.1, 0.15) is 0 Å². The number of aromatic nitrogens is 1. The zero-order valence-corrected chi connectivity index (χ0v) is 13.0. The van der Waals surface area contributed by atoms with E-state index < -0.39 is 0 Å². The van der Waals surface area contributed by atoms with Gasteiger partial charge in [0.2, 0.25) is 0 Å². The van der Waals surface area contributed by atoms with Crippen LogP contribution in [-0.2, 0) is 6.67 Å². The molecule has 1 N–H and O–H groups in total. The average Bonchev–Trinajstić information content (AvgIpc) is 2.94. The van der Waals surface area contributed by atoms with Crippen molar-refractivity contribution in [2.24, 2.45) is 0 Å². The number of nitrogens with zero attached hydrogens (tertiary/aromatic N) is 1. The molecule has 4 aromatic rings. The van der Waals surface area contributed by atoms with Gasteiger partial charge in [0.15, 0.2) is 0 Å². The summed E-state index contributed by atoms with van der Waals surface area (Å²) in [4.78, 5) is 0. The maximum absolute atomic E-state index is 5.20. The van der Waals surface area contributed by atoms with Crippen LogP contribution in [-0.4, -0.2) is 11.7 Å². The first kappa shape index (κ1) is 13.7. The Morgan fingerprint density at radius 3 is 1.91 bits per heavy atom. The Balaban J connectivity index is 1.72. The standard InChI is InChI=1S/C20H18N2O/c1-23-16-12-10-15(11-13-16)21-14-22-19-8-4-2-6-17(19)18-7-3-5-9-20(18)22/h2-13,21H,14H2,1H3. The molecular weight excluding hydrogens is 284 g/mol. The van der Waals surface area contributed by atoms with Gasteiger partial charge in [-0.2, -0.15) is 0 Å². The maximum Gasteiger partial charge on any atom is 0.119 e. The second-order valence-electron chi connectivity index (χ2n) is 5.53. The van der Waals surface area contributed by atoms with Gasteiger partial charge in [0.05, 0.1) is 24.8 Å². The molecular formula is C20H18N2O. The molecule has 4 rings (SSSR count). The third kappa shape index (κ3) is 2.40. The third-order valence-corrected chi connectivity index (χ3v) is 4.21. The Labute approximate surface area is 135 Å². The molecule has 0 bridgehead atoms. The van der Waals surface area contributed by atoms with E-state index in [4.69, 9.17) is 4.74 Å². The van der Waals surface area contributed by atoms with Crippen molar-refractivity contribution < 1.29 is 4.74 Å². The van der Waals surface area contributed by atoms with Crippen LogP contribution in [0.3, 0.4) is 0 Å². The minimum absolute atomic E-state index is 0.723. The molecule has 0 fully saturated rings. The number of methoxy groups -OCH3 is 1. The highest BCUT2D eigenvalue weighted by atomic mass is 16.5. The minimum atomic E-state index is 0.723. The molecule has 3 heteroatoms. The largest absolute Gasteiger partial charge is 0.497 e. The molecule has 0 spiro atoms. The van der Waals surface area contributed by atoms with Crippen molar-refractivity contribution >= 4 is 27.5 Å². The zero-order chi connectivity index (χ0) is 15.6. The van der Waals surface area contributed by atoms with Gasteiger partial charge in [-0.05, 0) is 36.4 Å². The fourth-order valence-electron chi connectivity index (χ4n) is 3.05. The van der Waals surface area contributed by atoms with Crippen molar-refractivity contribution in [1.29, 1.82) is 0 Å². The van der Waals surface area contributed by atoms with E-state index in [9.17, 15) is 0 Å². The number of nitrogens with one attached hydrogen (secondary N) is 1. The lowest BCUT2D eigenvalue weighted by Gasteiger charge is -2.11. The van der Waals surface area contributed by atoms with Crippen LogP contribution >= 0.6 is 0 Å². The third-order valence-electron chi connectivity index (χ3n) is 4.21. The van der Waals surface area contributed by atoms with Crippen LogP contribution in [0, 0.1) is 0 Å². The Bertz CT molecular complexity index is 901. The monoisotopic (exact) mass is 302 g/mol. The highest BCUT2D eigenvalue weighted by molar-refractivity contribution is 6.07. The van der Waals surface area contributed by atoms with Gasteiger partial charge in [-0.25, -0.2) is 0 Å². The fourth-order valence-corrected chi connectivity index (χ4v) is 3.05. The summed E-state index contributed by atoms with van der Waals surface area (Å²) in [7, 11) is 1.68. The van der Waals surface area contributed by atoms with E-state index in [1.54, 1.807) is 7.11 Å². The first-order valence-electron chi connectivity index (χ1n) is 7.71. The number of para-hydroxylation sites is 2. The molecule has 0 aliphatic carbocycles. The summed E-state index contributed by atoms with van der Waals surface area (Å²) >= 11 is 0. The topological polar surface area (TPSA) is 26.2 Å². The predicted molar refractivity (Wildman–Crippen MR) is 96.1 cm³/mol. The lowest BCUT2D eigenvalue weighted by atomic mass is 10.2. The summed E-state index contributed by atoms with van der Waals surface area (Å²) in [6.45, 7) is 0.723. The molecule has 114 valence electrons. The van der Waals surface area contributed by atoms with E-state index in [0.29, 0.717) is 0 Å². The quantitative estimate of drug-likeness (QED) is 0.582. The lowest BCUT2D eigenvalue weighted by molar-refractivity contribution is 0.415. The average molecular weight is 302 g/mol. The van der Waals surface area contributed by atoms with Crippen LogP contribution in [0.4, 0.5) is 5.69 Å². The van der Waals surface area contributed by atoms with Crippen molar-refractivity contribution in [3.8, 4) is 5.75 Å². The summed E-state index contributed by atoms with van der Waals surface area (Å²) in [5.41, 5.74) is 3.57. The minimum Gasteiger partial charge on any atom is -0.497 e. The molecule has 0 radical (unpaired) electrons. The molecule has 1 heterocycles. The molecule has 0 saturated heterocycles. The van der Waals surface area contributed by atoms with Gasteiger partial charge in [-0.3, -0.25) is 0 Å². The summed E-state index contributed by atoms with van der Waals surface area (Å²) in [6, 6.07) is 25.1. The van der Waals surface area contributed by atoms with Crippen molar-refractivity contribution in [3.05, 3.63) is 72.8 Å². The molecule has 0 saturated carbocycles. The Hall–Kier alpha value is -2.94. The van der Waals surface area contributed by atoms with E-state index in [-0.39, 0.29) is 0 Å². The number of ether oxygens (including phenoxy) is 1. The van der Waals surface area contributed by atoms with Gasteiger partial charge in [0.1, 0.15) is 5.75 Å². The first-order valence-corrected chi connectivity index (χ1v) is 7.71. The molecule has 3 aromatic carbocycles. The van der Waals surface area contributed by atoms with Gasteiger partial charge in [0.25, 0.3) is 0 Å². The Kier molecular flexibility index (Phi) is 3.39. The van der Waals surface area contributed by atoms with Gasteiger partial charge in [-0.15, -0.1) is 0 Å². The van der Waals surface area contributed by atoms with Gasteiger partial charge in [-0.1, -0.05) is 36.4 Å². The van der Waals surface area contributed by atoms with Gasteiger partial charge >= 0.3 is 0 Å². The SMILES string of the molecule is COc1ccc(NCn2c3ccccc3c3ccccc32)cc1. The number of rotatable bonds is 4. The summed E-state index contributed by atoms with van der Waals surface area (Å²) < 4.78 is 7.52. The molecule has 1 aromatic heterocycles. The molecule has 0 aliphatic heterocycles. The normalized spacial score (nSPS) is 11.0. The van der Waals surface area contributed by atoms with Crippen LogP contribution in [0.5, 0.6) is 5.75 Å². The van der Waals surface area contributed by atoms with Crippen molar-refractivity contribution in [1.82, 2.24) is 4.57 Å². The highest BCUT2D eigenvalue weighted by Gasteiger charge is 2.08. The van der Waals surface area contributed by atoms with E-state index in [0.717, 1.165) is 18.1 Å². The van der Waals surface area contributed by atoms with Crippen LogP contribution in [0.15, 0.2) is 72.8 Å². The van der Waals surface area contributed by atoms with Crippen molar-refractivity contribution in [2.45, 2.75) is 6.67 Å². The van der Waals surface area contributed by atoms with Crippen LogP contribution in [0.2, 0.25) is 0 Å². The first-order chi connectivity index (χ1) is 11.4. The summed E-state index contributed by atoms with van der Waals surface area (Å²) in [5.74, 6) is 0.868. The number of anilines is 1. The van der Waals surface area contributed by atoms with E-state index >= 15 is 0 Å². The van der Waals surface area contributed by atoms with E-state index in [1.807, 2.05) is 24.3 Å². The number of hydrogen-bond donors (Lipinski definition) is 1. The zero-order valence-electron chi connectivity index (χ0n) is 13.0. The number of hydrogen-bond acceptors (Lipinski definition) is 2. The molecule has 0 aliphatic rings. The molecule has 0 unspecified atom stereocenters. The predicted octanol–water partition coefficient (Wildman–Crippen LogP) is 4.87. The van der Waals surface area contributed by atoms with Gasteiger partial charge in [0, 0.05) is 16.5 Å². The second kappa shape index (κ2) is 5.69. The van der Waals surface area contributed by atoms with Crippen molar-refractivity contribution in [2.75, 3.05) is 12.4 Å². The van der Waals surface area contributed by atoms with Crippen LogP contribution < -0.4 is 10.1 Å². The van der Waals surface area contributed by atoms with E-state index in [2.05, 4.69) is 58.4 Å². The Morgan fingerprint density at radius 1 is 0.783 bits per heavy atom. The van der Waals surface area contributed by atoms with Crippen molar-refractivity contribution in [3.63, 3.8) is 0 Å². The number of fused-ring (bicyclic) bond motifs is 3. The molecule has 0 atom stereocenters. The van der Waals surface area contributed by atoms with E-state index in [1.165, 1.54) is 21.8 Å². The fraction of sp³-hybridized carbons (Fsp3) is 0.100. The summed E-state index contributed by atoms with van der Waals surface area (Å²) in [6.07, 6.45) is 0. The molecule has 23 heavy (non-hydrogen) atoms. The second-order valence-corrected chi connectivity index (χ2v) is 5.53. The maximum atomic E-state index is 5.20. The molecule has 0 amide bonds. The Morgan fingerprint density at radius 2 is 1.35 bits per heavy atom. The van der Waals surface area contributed by atoms with Gasteiger partial charge < -0.3 is 14.6 Å². The van der Waals surface area contributed by atoms with Crippen LogP contribution in [0.25, 0.3) is 21.8 Å². The molecule has 3 nitrogen and oxygen atoms in total. The summed E-state index contributed by atoms with van der Waals surface area (Å²) in [5, 5.41) is 6.07. The lowest BCUT2D eigenvalue weighted by Crippen LogP contribution is -2.07. The smallest absolute Gasteiger partial charge is 0.119 e.